The Labute approximate surface area is 146 Å². The number of carbonyl (C=O) groups excluding carboxylic acids is 1. The number of nitrogens with one attached hydrogen (secondary N) is 3. The van der Waals surface area contributed by atoms with Crippen molar-refractivity contribution >= 4 is 35.1 Å². The van der Waals surface area contributed by atoms with Crippen molar-refractivity contribution in [2.75, 3.05) is 33.4 Å². The fourth-order valence-corrected chi connectivity index (χ4v) is 2.18. The lowest BCUT2D eigenvalue weighted by Gasteiger charge is -2.11. The van der Waals surface area contributed by atoms with Crippen molar-refractivity contribution in [1.82, 2.24) is 20.5 Å². The number of aromatic nitrogens is 1. The number of rotatable bonds is 8. The summed E-state index contributed by atoms with van der Waals surface area (Å²) in [6, 6.07) is 1.77. The van der Waals surface area contributed by atoms with Crippen molar-refractivity contribution in [2.45, 2.75) is 13.5 Å². The first-order chi connectivity index (χ1) is 11.0. The van der Waals surface area contributed by atoms with Crippen molar-refractivity contribution in [1.29, 1.82) is 0 Å². The average molecular weight is 364 g/mol. The number of nitrogens with zero attached hydrogens (tertiary/aromatic N) is 2. The third-order valence-electron chi connectivity index (χ3n) is 3.00. The quantitative estimate of drug-likeness (QED) is 0.367. The van der Waals surface area contributed by atoms with E-state index in [2.05, 4.69) is 20.9 Å². The maximum absolute atomic E-state index is 11.7. The molecule has 3 N–H and O–H groups in total. The van der Waals surface area contributed by atoms with Gasteiger partial charge >= 0.3 is 0 Å². The van der Waals surface area contributed by atoms with E-state index in [1.165, 1.54) is 0 Å². The first kappa shape index (κ1) is 19.6. The molecule has 1 amide bonds. The van der Waals surface area contributed by atoms with Gasteiger partial charge in [-0.3, -0.25) is 4.79 Å². The molecule has 0 aliphatic carbocycles. The largest absolute Gasteiger partial charge is 0.383 e. The van der Waals surface area contributed by atoms with Crippen LogP contribution in [0.4, 0.5) is 0 Å². The summed E-state index contributed by atoms with van der Waals surface area (Å²) >= 11 is 12.0. The first-order valence-electron chi connectivity index (χ1n) is 7.27. The minimum Gasteiger partial charge on any atom is -0.383 e. The van der Waals surface area contributed by atoms with Gasteiger partial charge in [0.05, 0.1) is 24.7 Å². The molecular formula is C14H23Cl2N5O2. The van der Waals surface area contributed by atoms with E-state index in [-0.39, 0.29) is 12.5 Å². The van der Waals surface area contributed by atoms with Crippen LogP contribution < -0.4 is 16.0 Å². The van der Waals surface area contributed by atoms with Crippen LogP contribution in [0.25, 0.3) is 0 Å². The van der Waals surface area contributed by atoms with E-state index < -0.39 is 0 Å². The number of halogens is 2. The SMILES string of the molecule is CCNC(=NCc1cc(Cl)c(Cl)n1C)NCC(=O)NCCOC. The van der Waals surface area contributed by atoms with Crippen LogP contribution in [0.5, 0.6) is 0 Å². The molecule has 0 aliphatic rings. The topological polar surface area (TPSA) is 79.7 Å². The third kappa shape index (κ3) is 6.68. The molecule has 0 aliphatic heterocycles. The van der Waals surface area contributed by atoms with Crippen LogP contribution in [0.3, 0.4) is 0 Å². The van der Waals surface area contributed by atoms with E-state index in [0.29, 0.717) is 42.4 Å². The smallest absolute Gasteiger partial charge is 0.239 e. The molecule has 1 rings (SSSR count). The van der Waals surface area contributed by atoms with E-state index in [9.17, 15) is 4.79 Å². The van der Waals surface area contributed by atoms with Gasteiger partial charge in [0.25, 0.3) is 0 Å². The molecule has 0 saturated carbocycles. The van der Waals surface area contributed by atoms with Crippen LogP contribution in [-0.2, 0) is 23.1 Å². The van der Waals surface area contributed by atoms with Gasteiger partial charge in [-0.15, -0.1) is 0 Å². The van der Waals surface area contributed by atoms with Crippen LogP contribution in [0, 0.1) is 0 Å². The van der Waals surface area contributed by atoms with Crippen LogP contribution >= 0.6 is 23.2 Å². The summed E-state index contributed by atoms with van der Waals surface area (Å²) in [6.07, 6.45) is 0. The summed E-state index contributed by atoms with van der Waals surface area (Å²) < 4.78 is 6.64. The van der Waals surface area contributed by atoms with Gasteiger partial charge < -0.3 is 25.3 Å². The summed E-state index contributed by atoms with van der Waals surface area (Å²) in [5.41, 5.74) is 0.877. The van der Waals surface area contributed by atoms with Gasteiger partial charge in [0.1, 0.15) is 5.15 Å². The van der Waals surface area contributed by atoms with Crippen molar-refractivity contribution in [3.63, 3.8) is 0 Å². The fourth-order valence-electron chi connectivity index (χ4n) is 1.76. The predicted octanol–water partition coefficient (Wildman–Crippen LogP) is 1.15. The molecule has 0 radical (unpaired) electrons. The van der Waals surface area contributed by atoms with Gasteiger partial charge in [0.15, 0.2) is 5.96 Å². The molecule has 0 unspecified atom stereocenters. The van der Waals surface area contributed by atoms with E-state index >= 15 is 0 Å². The molecule has 0 fully saturated rings. The maximum atomic E-state index is 11.7. The van der Waals surface area contributed by atoms with Crippen LogP contribution in [0.1, 0.15) is 12.6 Å². The van der Waals surface area contributed by atoms with Crippen LogP contribution in [-0.4, -0.2) is 49.8 Å². The monoisotopic (exact) mass is 363 g/mol. The molecule has 0 aromatic carbocycles. The highest BCUT2D eigenvalue weighted by Crippen LogP contribution is 2.25. The zero-order valence-electron chi connectivity index (χ0n) is 13.6. The second kappa shape index (κ2) is 10.4. The Balaban J connectivity index is 2.56. The molecular weight excluding hydrogens is 341 g/mol. The molecule has 0 atom stereocenters. The van der Waals surface area contributed by atoms with Crippen molar-refractivity contribution < 1.29 is 9.53 Å². The highest BCUT2D eigenvalue weighted by molar-refractivity contribution is 6.41. The number of methoxy groups -OCH3 is 1. The number of guanidine groups is 1. The number of aliphatic imine (C=N–C) groups is 1. The standard InChI is InChI=1S/C14H23Cl2N5O2/c1-4-17-14(20-9-12(22)18-5-6-23-3)19-8-10-7-11(15)13(16)21(10)2/h7H,4-6,8-9H2,1-3H3,(H,18,22)(H2,17,19,20). The first-order valence-corrected chi connectivity index (χ1v) is 8.02. The number of carbonyl (C=O) groups is 1. The summed E-state index contributed by atoms with van der Waals surface area (Å²) in [5, 5.41) is 9.75. The Hall–Kier alpha value is -1.44. The number of hydrogen-bond acceptors (Lipinski definition) is 3. The minimum absolute atomic E-state index is 0.127. The molecule has 0 spiro atoms. The highest BCUT2D eigenvalue weighted by atomic mass is 35.5. The van der Waals surface area contributed by atoms with Crippen molar-refractivity contribution in [3.05, 3.63) is 21.9 Å². The summed E-state index contributed by atoms with van der Waals surface area (Å²) in [7, 11) is 3.41. The predicted molar refractivity (Wildman–Crippen MR) is 93.1 cm³/mol. The number of ether oxygens (including phenoxy) is 1. The zero-order chi connectivity index (χ0) is 17.2. The highest BCUT2D eigenvalue weighted by Gasteiger charge is 2.09. The van der Waals surface area contributed by atoms with Gasteiger partial charge in [0, 0.05) is 32.9 Å². The molecule has 0 saturated heterocycles. The fraction of sp³-hybridized carbons (Fsp3) is 0.571. The summed E-state index contributed by atoms with van der Waals surface area (Å²) in [6.45, 7) is 4.12. The van der Waals surface area contributed by atoms with E-state index in [0.717, 1.165) is 5.69 Å². The Morgan fingerprint density at radius 1 is 1.35 bits per heavy atom. The Morgan fingerprint density at radius 2 is 2.09 bits per heavy atom. The minimum atomic E-state index is -0.127. The van der Waals surface area contributed by atoms with Gasteiger partial charge in [-0.2, -0.15) is 0 Å². The normalized spacial score (nSPS) is 11.4. The summed E-state index contributed by atoms with van der Waals surface area (Å²) in [4.78, 5) is 16.1. The molecule has 1 aromatic heterocycles. The van der Waals surface area contributed by atoms with Crippen molar-refractivity contribution in [3.8, 4) is 0 Å². The molecule has 1 heterocycles. The molecule has 1 aromatic rings. The van der Waals surface area contributed by atoms with E-state index in [1.807, 2.05) is 14.0 Å². The second-order valence-corrected chi connectivity index (χ2v) is 5.49. The molecule has 0 bridgehead atoms. The van der Waals surface area contributed by atoms with Crippen molar-refractivity contribution in [2.24, 2.45) is 12.0 Å². The van der Waals surface area contributed by atoms with E-state index in [1.54, 1.807) is 17.7 Å². The second-order valence-electron chi connectivity index (χ2n) is 4.72. The Kier molecular flexibility index (Phi) is 8.83. The number of hydrogen-bond donors (Lipinski definition) is 3. The summed E-state index contributed by atoms with van der Waals surface area (Å²) in [5.74, 6) is 0.417. The van der Waals surface area contributed by atoms with E-state index in [4.69, 9.17) is 27.9 Å². The molecule has 9 heteroatoms. The maximum Gasteiger partial charge on any atom is 0.239 e. The Morgan fingerprint density at radius 3 is 2.65 bits per heavy atom. The van der Waals surface area contributed by atoms with Gasteiger partial charge in [-0.25, -0.2) is 4.99 Å². The molecule has 130 valence electrons. The van der Waals surface area contributed by atoms with Gasteiger partial charge in [-0.05, 0) is 13.0 Å². The van der Waals surface area contributed by atoms with Gasteiger partial charge in [0.2, 0.25) is 5.91 Å². The third-order valence-corrected chi connectivity index (χ3v) is 3.85. The zero-order valence-corrected chi connectivity index (χ0v) is 15.1. The number of amides is 1. The lowest BCUT2D eigenvalue weighted by atomic mass is 10.4. The average Bonchev–Trinajstić information content (AvgIpc) is 2.77. The molecule has 7 nitrogen and oxygen atoms in total. The van der Waals surface area contributed by atoms with Crippen LogP contribution in [0.15, 0.2) is 11.1 Å². The van der Waals surface area contributed by atoms with Crippen LogP contribution in [0.2, 0.25) is 10.2 Å². The Bertz CT molecular complexity index is 546. The lowest BCUT2D eigenvalue weighted by Crippen LogP contribution is -2.43. The lowest BCUT2D eigenvalue weighted by molar-refractivity contribution is -0.120. The molecule has 23 heavy (non-hydrogen) atoms. The van der Waals surface area contributed by atoms with Gasteiger partial charge in [-0.1, -0.05) is 23.2 Å².